The molecule has 0 fully saturated rings. The van der Waals surface area contributed by atoms with E-state index in [9.17, 15) is 5.11 Å². The summed E-state index contributed by atoms with van der Waals surface area (Å²) in [5.41, 5.74) is 8.61. The number of hydrogen-bond donors (Lipinski definition) is 3. The van der Waals surface area contributed by atoms with Crippen LogP contribution in [0.3, 0.4) is 0 Å². The molecule has 1 atom stereocenters. The molecule has 0 amide bonds. The number of anilines is 1. The minimum atomic E-state index is -0.0335. The Bertz CT molecular complexity index is 947. The number of rotatable bonds is 5. The first-order valence-corrected chi connectivity index (χ1v) is 9.39. The molecule has 3 aromatic rings. The van der Waals surface area contributed by atoms with Crippen molar-refractivity contribution in [1.82, 2.24) is 9.97 Å². The van der Waals surface area contributed by atoms with Gasteiger partial charge >= 0.3 is 0 Å². The summed E-state index contributed by atoms with van der Waals surface area (Å²) in [7, 11) is 0. The van der Waals surface area contributed by atoms with Crippen molar-refractivity contribution in [2.45, 2.75) is 45.6 Å². The normalized spacial score (nSPS) is 12.9. The van der Waals surface area contributed by atoms with Crippen LogP contribution in [0.1, 0.15) is 39.7 Å². The van der Waals surface area contributed by atoms with Gasteiger partial charge in [-0.2, -0.15) is 0 Å². The minimum Gasteiger partial charge on any atom is -0.507 e. The van der Waals surface area contributed by atoms with Crippen LogP contribution >= 0.6 is 0 Å². The van der Waals surface area contributed by atoms with E-state index in [1.54, 1.807) is 6.07 Å². The summed E-state index contributed by atoms with van der Waals surface area (Å²) in [4.78, 5) is 9.42. The number of aromatic nitrogens is 2. The van der Waals surface area contributed by atoms with Crippen LogP contribution in [-0.2, 0) is 5.41 Å². The molecule has 0 saturated carbocycles. The Labute approximate surface area is 160 Å². The zero-order chi connectivity index (χ0) is 19.6. The molecule has 0 aliphatic carbocycles. The SMILES string of the molecule is CC[C@@H](N)CNc1nc(-c2cc(C(C)(C)C)ccc2O)nc2ccccc12. The summed E-state index contributed by atoms with van der Waals surface area (Å²) in [5.74, 6) is 1.42. The molecule has 1 heterocycles. The third kappa shape index (κ3) is 4.19. The first kappa shape index (κ1) is 19.1. The van der Waals surface area contributed by atoms with Crippen molar-refractivity contribution in [2.75, 3.05) is 11.9 Å². The predicted octanol–water partition coefficient (Wildman–Crippen LogP) is 4.45. The number of para-hydroxylation sites is 1. The maximum Gasteiger partial charge on any atom is 0.165 e. The molecular weight excluding hydrogens is 336 g/mol. The molecule has 27 heavy (non-hydrogen) atoms. The number of nitrogens with two attached hydrogens (primary N) is 1. The van der Waals surface area contributed by atoms with E-state index in [-0.39, 0.29) is 17.2 Å². The van der Waals surface area contributed by atoms with Gasteiger partial charge in [-0.3, -0.25) is 0 Å². The number of phenols is 1. The van der Waals surface area contributed by atoms with Crippen LogP contribution in [0.25, 0.3) is 22.3 Å². The van der Waals surface area contributed by atoms with Crippen LogP contribution in [0.4, 0.5) is 5.82 Å². The summed E-state index contributed by atoms with van der Waals surface area (Å²) in [6, 6.07) is 13.6. The van der Waals surface area contributed by atoms with Crippen LogP contribution in [0.5, 0.6) is 5.75 Å². The van der Waals surface area contributed by atoms with Crippen molar-refractivity contribution in [2.24, 2.45) is 5.73 Å². The lowest BCUT2D eigenvalue weighted by atomic mass is 9.86. The Kier molecular flexibility index (Phi) is 5.33. The summed E-state index contributed by atoms with van der Waals surface area (Å²) < 4.78 is 0. The maximum atomic E-state index is 10.5. The van der Waals surface area contributed by atoms with Crippen molar-refractivity contribution < 1.29 is 5.11 Å². The second kappa shape index (κ2) is 7.53. The Morgan fingerprint density at radius 2 is 1.85 bits per heavy atom. The fourth-order valence-corrected chi connectivity index (χ4v) is 2.89. The molecular formula is C22H28N4O. The summed E-state index contributed by atoms with van der Waals surface area (Å²) in [5, 5.41) is 14.7. The Morgan fingerprint density at radius 3 is 2.56 bits per heavy atom. The zero-order valence-electron chi connectivity index (χ0n) is 16.5. The molecule has 0 aliphatic rings. The van der Waals surface area contributed by atoms with Gasteiger partial charge in [-0.25, -0.2) is 9.97 Å². The predicted molar refractivity (Wildman–Crippen MR) is 112 cm³/mol. The fraction of sp³-hybridized carbons (Fsp3) is 0.364. The van der Waals surface area contributed by atoms with Crippen molar-refractivity contribution in [3.05, 3.63) is 48.0 Å². The van der Waals surface area contributed by atoms with Crippen LogP contribution < -0.4 is 11.1 Å². The van der Waals surface area contributed by atoms with Gasteiger partial charge in [0.05, 0.1) is 11.1 Å². The molecule has 5 heteroatoms. The molecule has 0 spiro atoms. The first-order chi connectivity index (χ1) is 12.8. The lowest BCUT2D eigenvalue weighted by Gasteiger charge is -2.20. The van der Waals surface area contributed by atoms with Crippen LogP contribution in [-0.4, -0.2) is 27.7 Å². The highest BCUT2D eigenvalue weighted by Crippen LogP contribution is 2.34. The van der Waals surface area contributed by atoms with Gasteiger partial charge < -0.3 is 16.2 Å². The molecule has 5 nitrogen and oxygen atoms in total. The molecule has 3 rings (SSSR count). The lowest BCUT2D eigenvalue weighted by Crippen LogP contribution is -2.28. The molecule has 142 valence electrons. The quantitative estimate of drug-likeness (QED) is 0.623. The fourth-order valence-electron chi connectivity index (χ4n) is 2.89. The average Bonchev–Trinajstić information content (AvgIpc) is 2.65. The highest BCUT2D eigenvalue weighted by atomic mass is 16.3. The van der Waals surface area contributed by atoms with E-state index in [4.69, 9.17) is 15.7 Å². The minimum absolute atomic E-state index is 0.0335. The van der Waals surface area contributed by atoms with Gasteiger partial charge in [0.2, 0.25) is 0 Å². The van der Waals surface area contributed by atoms with Crippen LogP contribution in [0.15, 0.2) is 42.5 Å². The molecule has 0 unspecified atom stereocenters. The lowest BCUT2D eigenvalue weighted by molar-refractivity contribution is 0.475. The van der Waals surface area contributed by atoms with Crippen LogP contribution in [0.2, 0.25) is 0 Å². The number of nitrogens with zero attached hydrogens (tertiary/aromatic N) is 2. The second-order valence-corrected chi connectivity index (χ2v) is 7.94. The highest BCUT2D eigenvalue weighted by Gasteiger charge is 2.18. The van der Waals surface area contributed by atoms with E-state index >= 15 is 0 Å². The van der Waals surface area contributed by atoms with Gasteiger partial charge in [0.15, 0.2) is 5.82 Å². The number of phenolic OH excluding ortho intramolecular Hbond substituents is 1. The van der Waals surface area contributed by atoms with E-state index < -0.39 is 0 Å². The number of hydrogen-bond acceptors (Lipinski definition) is 5. The van der Waals surface area contributed by atoms with E-state index in [0.29, 0.717) is 17.9 Å². The molecule has 1 aromatic heterocycles. The standard InChI is InChI=1S/C22H28N4O/c1-5-15(23)13-24-20-16-8-6-7-9-18(16)25-21(26-20)17-12-14(22(2,3)4)10-11-19(17)27/h6-12,15,27H,5,13,23H2,1-4H3,(H,24,25,26)/t15-/m1/s1. The Morgan fingerprint density at radius 1 is 1.11 bits per heavy atom. The molecule has 0 bridgehead atoms. The molecule has 4 N–H and O–H groups in total. The number of benzene rings is 2. The number of aromatic hydroxyl groups is 1. The molecule has 0 aliphatic heterocycles. The van der Waals surface area contributed by atoms with Gasteiger partial charge in [-0.05, 0) is 41.7 Å². The maximum absolute atomic E-state index is 10.5. The second-order valence-electron chi connectivity index (χ2n) is 7.94. The van der Waals surface area contributed by atoms with E-state index in [0.717, 1.165) is 28.7 Å². The third-order valence-electron chi connectivity index (χ3n) is 4.76. The first-order valence-electron chi connectivity index (χ1n) is 9.39. The smallest absolute Gasteiger partial charge is 0.165 e. The topological polar surface area (TPSA) is 84.1 Å². The molecule has 2 aromatic carbocycles. The van der Waals surface area contributed by atoms with Crippen molar-refractivity contribution >= 4 is 16.7 Å². The highest BCUT2D eigenvalue weighted by molar-refractivity contribution is 5.91. The van der Waals surface area contributed by atoms with Crippen LogP contribution in [0, 0.1) is 0 Å². The van der Waals surface area contributed by atoms with E-state index in [1.807, 2.05) is 36.4 Å². The summed E-state index contributed by atoms with van der Waals surface area (Å²) in [6.45, 7) is 9.12. The van der Waals surface area contributed by atoms with Crippen molar-refractivity contribution in [3.63, 3.8) is 0 Å². The zero-order valence-corrected chi connectivity index (χ0v) is 16.5. The van der Waals surface area contributed by atoms with Gasteiger partial charge in [-0.1, -0.05) is 45.9 Å². The average molecular weight is 364 g/mol. The number of fused-ring (bicyclic) bond motifs is 1. The molecule has 0 radical (unpaired) electrons. The number of nitrogens with one attached hydrogen (secondary N) is 1. The summed E-state index contributed by atoms with van der Waals surface area (Å²) >= 11 is 0. The van der Waals surface area contributed by atoms with Crippen molar-refractivity contribution in [3.8, 4) is 17.1 Å². The summed E-state index contributed by atoms with van der Waals surface area (Å²) in [6.07, 6.45) is 0.886. The van der Waals surface area contributed by atoms with Gasteiger partial charge in [0.1, 0.15) is 11.6 Å². The monoisotopic (exact) mass is 364 g/mol. The van der Waals surface area contributed by atoms with Gasteiger partial charge in [-0.15, -0.1) is 0 Å². The third-order valence-corrected chi connectivity index (χ3v) is 4.76. The largest absolute Gasteiger partial charge is 0.507 e. The molecule has 0 saturated heterocycles. The van der Waals surface area contributed by atoms with E-state index in [1.165, 1.54) is 0 Å². The van der Waals surface area contributed by atoms with Gasteiger partial charge in [0, 0.05) is 18.0 Å². The van der Waals surface area contributed by atoms with Gasteiger partial charge in [0.25, 0.3) is 0 Å². The Hall–Kier alpha value is -2.66. The van der Waals surface area contributed by atoms with E-state index in [2.05, 4.69) is 33.0 Å². The Balaban J connectivity index is 2.12. The van der Waals surface area contributed by atoms with Crippen molar-refractivity contribution in [1.29, 1.82) is 0 Å².